The minimum absolute atomic E-state index is 0.00272. The summed E-state index contributed by atoms with van der Waals surface area (Å²) >= 11 is 0. The number of ether oxygens (including phenoxy) is 3. The number of carbonyl (C=O) groups excluding carboxylic acids is 3. The minimum atomic E-state index is -3.39. The molecule has 1 N–H and O–H groups in total. The normalized spacial score (nSPS) is 21.0. The lowest BCUT2D eigenvalue weighted by atomic mass is 10.0. The molecular formula is C24H21F3N2O6. The molecule has 1 spiro atoms. The lowest BCUT2D eigenvalue weighted by molar-refractivity contribution is -0.152. The second kappa shape index (κ2) is 8.35. The number of esters is 1. The van der Waals surface area contributed by atoms with Crippen LogP contribution in [0, 0.1) is 5.82 Å². The van der Waals surface area contributed by atoms with Gasteiger partial charge in [-0.25, -0.2) is 9.18 Å². The van der Waals surface area contributed by atoms with Crippen molar-refractivity contribution in [1.29, 1.82) is 0 Å². The number of benzene rings is 2. The molecule has 1 atom stereocenters. The predicted molar refractivity (Wildman–Crippen MR) is 114 cm³/mol. The van der Waals surface area contributed by atoms with E-state index in [0.29, 0.717) is 13.2 Å². The average molecular weight is 490 g/mol. The number of hydrogen-bond donors (Lipinski definition) is 1. The van der Waals surface area contributed by atoms with E-state index in [1.54, 1.807) is 0 Å². The van der Waals surface area contributed by atoms with Crippen LogP contribution >= 0.6 is 0 Å². The van der Waals surface area contributed by atoms with Crippen molar-refractivity contribution in [3.8, 4) is 11.1 Å². The number of nitrogens with zero attached hydrogens (tertiary/aromatic N) is 1. The van der Waals surface area contributed by atoms with Gasteiger partial charge in [-0.1, -0.05) is 12.1 Å². The van der Waals surface area contributed by atoms with E-state index in [-0.39, 0.29) is 35.2 Å². The summed E-state index contributed by atoms with van der Waals surface area (Å²) in [5, 5.41) is 2.47. The molecule has 2 aliphatic heterocycles. The number of halogens is 3. The molecule has 2 aromatic carbocycles. The zero-order chi connectivity index (χ0) is 25.0. The Morgan fingerprint density at radius 2 is 1.83 bits per heavy atom. The first-order valence-electron chi connectivity index (χ1n) is 10.9. The molecule has 2 fully saturated rings. The standard InChI is InChI=1S/C24H21F3N2O6/c1-33-22(32)19-10-23(34-6-7-35-23)12-29(19)20(30)11-28-21(31)13-2-5-17-16(8-13)15-4-3-14(25)9-18(15)24(17,26)27/h2-5,8-9,19H,6-7,10-12H2,1H3,(H,28,31)/t19-/m0/s1. The van der Waals surface area contributed by atoms with Crippen molar-refractivity contribution in [3.05, 3.63) is 58.9 Å². The van der Waals surface area contributed by atoms with E-state index in [1.807, 2.05) is 0 Å². The number of nitrogens with one attached hydrogen (secondary N) is 1. The van der Waals surface area contributed by atoms with Crippen LogP contribution in [0.15, 0.2) is 36.4 Å². The smallest absolute Gasteiger partial charge is 0.328 e. The summed E-state index contributed by atoms with van der Waals surface area (Å²) in [7, 11) is 1.21. The Kier molecular flexibility index (Phi) is 5.56. The van der Waals surface area contributed by atoms with Gasteiger partial charge >= 0.3 is 5.97 Å². The molecule has 5 rings (SSSR count). The Balaban J connectivity index is 1.31. The van der Waals surface area contributed by atoms with E-state index < -0.39 is 53.5 Å². The highest BCUT2D eigenvalue weighted by molar-refractivity contribution is 5.99. The van der Waals surface area contributed by atoms with Crippen LogP contribution in [0.2, 0.25) is 0 Å². The summed E-state index contributed by atoms with van der Waals surface area (Å²) in [5.41, 5.74) is -0.489. The third-order valence-corrected chi connectivity index (χ3v) is 6.53. The highest BCUT2D eigenvalue weighted by atomic mass is 19.3. The number of fused-ring (bicyclic) bond motifs is 3. The number of carbonyl (C=O) groups is 3. The summed E-state index contributed by atoms with van der Waals surface area (Å²) in [6.07, 6.45) is 0.110. The first kappa shape index (κ1) is 23.3. The maximum absolute atomic E-state index is 14.8. The Morgan fingerprint density at radius 1 is 1.09 bits per heavy atom. The summed E-state index contributed by atoms with van der Waals surface area (Å²) in [6, 6.07) is 5.81. The molecule has 35 heavy (non-hydrogen) atoms. The molecule has 11 heteroatoms. The predicted octanol–water partition coefficient (Wildman–Crippen LogP) is 2.19. The first-order valence-corrected chi connectivity index (χ1v) is 10.9. The van der Waals surface area contributed by atoms with Gasteiger partial charge in [0.25, 0.3) is 11.8 Å². The van der Waals surface area contributed by atoms with Gasteiger partial charge in [0.15, 0.2) is 5.79 Å². The summed E-state index contributed by atoms with van der Waals surface area (Å²) < 4.78 is 59.1. The molecular weight excluding hydrogens is 469 g/mol. The van der Waals surface area contributed by atoms with Crippen LogP contribution in [0.5, 0.6) is 0 Å². The van der Waals surface area contributed by atoms with Crippen LogP contribution in [0.3, 0.4) is 0 Å². The largest absolute Gasteiger partial charge is 0.467 e. The molecule has 0 radical (unpaired) electrons. The highest BCUT2D eigenvalue weighted by Gasteiger charge is 2.53. The summed E-state index contributed by atoms with van der Waals surface area (Å²) in [6.45, 7) is 0.222. The van der Waals surface area contributed by atoms with Crippen LogP contribution in [-0.4, -0.2) is 67.9 Å². The van der Waals surface area contributed by atoms with Crippen molar-refractivity contribution in [3.63, 3.8) is 0 Å². The van der Waals surface area contributed by atoms with E-state index in [1.165, 1.54) is 30.2 Å². The fourth-order valence-electron chi connectivity index (χ4n) is 4.85. The molecule has 2 heterocycles. The van der Waals surface area contributed by atoms with Gasteiger partial charge in [0.05, 0.1) is 33.4 Å². The molecule has 2 aromatic rings. The van der Waals surface area contributed by atoms with Gasteiger partial charge in [0.1, 0.15) is 11.9 Å². The summed E-state index contributed by atoms with van der Waals surface area (Å²) in [5.74, 6) is -7.12. The van der Waals surface area contributed by atoms with Crippen LogP contribution in [0.1, 0.15) is 27.9 Å². The SMILES string of the molecule is COC(=O)[C@@H]1CC2(CN1C(=O)CNC(=O)c1ccc3c(c1)-c1ccc(F)cc1C3(F)F)OCCO2. The van der Waals surface area contributed by atoms with Crippen LogP contribution in [0.4, 0.5) is 13.2 Å². The van der Waals surface area contributed by atoms with Crippen LogP contribution in [-0.2, 0) is 29.7 Å². The van der Waals surface area contributed by atoms with E-state index in [2.05, 4.69) is 5.32 Å². The van der Waals surface area contributed by atoms with Gasteiger partial charge in [-0.2, -0.15) is 8.78 Å². The second-order valence-corrected chi connectivity index (χ2v) is 8.58. The topological polar surface area (TPSA) is 94.2 Å². The second-order valence-electron chi connectivity index (χ2n) is 8.58. The zero-order valence-electron chi connectivity index (χ0n) is 18.6. The van der Waals surface area contributed by atoms with Crippen LogP contribution in [0.25, 0.3) is 11.1 Å². The minimum Gasteiger partial charge on any atom is -0.467 e. The quantitative estimate of drug-likeness (QED) is 0.661. The molecule has 2 saturated heterocycles. The number of methoxy groups -OCH3 is 1. The van der Waals surface area contributed by atoms with Crippen molar-refractivity contribution in [2.75, 3.05) is 33.4 Å². The fraction of sp³-hybridized carbons (Fsp3) is 0.375. The van der Waals surface area contributed by atoms with E-state index in [4.69, 9.17) is 14.2 Å². The van der Waals surface area contributed by atoms with Gasteiger partial charge in [-0.3, -0.25) is 9.59 Å². The van der Waals surface area contributed by atoms with E-state index >= 15 is 0 Å². The summed E-state index contributed by atoms with van der Waals surface area (Å²) in [4.78, 5) is 39.1. The Hall–Kier alpha value is -3.44. The zero-order valence-corrected chi connectivity index (χ0v) is 18.6. The molecule has 2 amide bonds. The number of amides is 2. The van der Waals surface area contributed by atoms with E-state index in [0.717, 1.165) is 18.2 Å². The Morgan fingerprint density at radius 3 is 2.54 bits per heavy atom. The maximum Gasteiger partial charge on any atom is 0.328 e. The molecule has 184 valence electrons. The van der Waals surface area contributed by atoms with Crippen molar-refractivity contribution < 1.29 is 41.8 Å². The van der Waals surface area contributed by atoms with Gasteiger partial charge in [0, 0.05) is 23.1 Å². The van der Waals surface area contributed by atoms with Gasteiger partial charge in [-0.15, -0.1) is 0 Å². The van der Waals surface area contributed by atoms with Gasteiger partial charge in [0.2, 0.25) is 5.91 Å². The molecule has 0 aromatic heterocycles. The van der Waals surface area contributed by atoms with Crippen molar-refractivity contribution in [1.82, 2.24) is 10.2 Å². The molecule has 0 unspecified atom stereocenters. The highest BCUT2D eigenvalue weighted by Crippen LogP contribution is 2.51. The Bertz CT molecular complexity index is 1230. The third-order valence-electron chi connectivity index (χ3n) is 6.53. The first-order chi connectivity index (χ1) is 16.6. The number of alkyl halides is 2. The molecule has 0 saturated carbocycles. The lowest BCUT2D eigenvalue weighted by Gasteiger charge is -2.23. The lowest BCUT2D eigenvalue weighted by Crippen LogP contribution is -2.46. The van der Waals surface area contributed by atoms with Crippen molar-refractivity contribution >= 4 is 17.8 Å². The van der Waals surface area contributed by atoms with Crippen molar-refractivity contribution in [2.45, 2.75) is 24.2 Å². The third kappa shape index (κ3) is 3.84. The molecule has 3 aliphatic rings. The van der Waals surface area contributed by atoms with Gasteiger partial charge in [-0.05, 0) is 35.4 Å². The number of likely N-dealkylation sites (tertiary alicyclic amines) is 1. The van der Waals surface area contributed by atoms with Crippen LogP contribution < -0.4 is 5.32 Å². The Labute approximate surface area is 197 Å². The number of hydrogen-bond acceptors (Lipinski definition) is 6. The van der Waals surface area contributed by atoms with Gasteiger partial charge < -0.3 is 24.4 Å². The van der Waals surface area contributed by atoms with E-state index in [9.17, 15) is 27.6 Å². The average Bonchev–Trinajstić information content (AvgIpc) is 3.53. The number of rotatable bonds is 4. The monoisotopic (exact) mass is 490 g/mol. The fourth-order valence-corrected chi connectivity index (χ4v) is 4.85. The molecule has 0 bridgehead atoms. The maximum atomic E-state index is 14.8. The molecule has 8 nitrogen and oxygen atoms in total. The molecule has 1 aliphatic carbocycles. The van der Waals surface area contributed by atoms with Crippen molar-refractivity contribution in [2.24, 2.45) is 0 Å².